The number of carbonyl (C=O) groups excluding carboxylic acids is 2. The fourth-order valence-corrected chi connectivity index (χ4v) is 4.24. The summed E-state index contributed by atoms with van der Waals surface area (Å²) in [5, 5.41) is 0. The maximum Gasteiger partial charge on any atom is 0.282 e. The maximum atomic E-state index is 13.6. The van der Waals surface area contributed by atoms with Crippen LogP contribution in [-0.2, 0) is 9.59 Å². The maximum absolute atomic E-state index is 13.6. The topological polar surface area (TPSA) is 49.9 Å². The van der Waals surface area contributed by atoms with Crippen LogP contribution in [0, 0.1) is 12.8 Å². The van der Waals surface area contributed by atoms with E-state index in [0.29, 0.717) is 29.5 Å². The van der Waals surface area contributed by atoms with Gasteiger partial charge in [0.2, 0.25) is 0 Å². The van der Waals surface area contributed by atoms with Crippen LogP contribution in [0.5, 0.6) is 5.75 Å². The van der Waals surface area contributed by atoms with Crippen molar-refractivity contribution in [1.82, 2.24) is 4.90 Å². The Morgan fingerprint density at radius 1 is 1.00 bits per heavy atom. The fourth-order valence-electron chi connectivity index (χ4n) is 4.24. The van der Waals surface area contributed by atoms with Gasteiger partial charge in [0.1, 0.15) is 11.4 Å². The van der Waals surface area contributed by atoms with E-state index in [9.17, 15) is 9.59 Å². The summed E-state index contributed by atoms with van der Waals surface area (Å²) >= 11 is 0. The molecule has 0 bridgehead atoms. The lowest BCUT2D eigenvalue weighted by Crippen LogP contribution is -2.38. The zero-order chi connectivity index (χ0) is 22.0. The number of hydrogen-bond acceptors (Lipinski definition) is 4. The van der Waals surface area contributed by atoms with Gasteiger partial charge in [0.25, 0.3) is 11.8 Å². The number of aryl methyl sites for hydroxylation is 1. The quantitative estimate of drug-likeness (QED) is 0.633. The Morgan fingerprint density at radius 2 is 1.71 bits per heavy atom. The first-order valence-corrected chi connectivity index (χ1v) is 11.2. The van der Waals surface area contributed by atoms with Crippen LogP contribution in [0.3, 0.4) is 0 Å². The van der Waals surface area contributed by atoms with Crippen LogP contribution in [0.25, 0.3) is 5.57 Å². The third kappa shape index (κ3) is 4.22. The van der Waals surface area contributed by atoms with E-state index in [1.807, 2.05) is 55.5 Å². The molecule has 4 rings (SSSR count). The van der Waals surface area contributed by atoms with Gasteiger partial charge in [-0.15, -0.1) is 0 Å². The molecule has 0 N–H and O–H groups in total. The molecular formula is C26H30N2O3. The van der Waals surface area contributed by atoms with E-state index in [4.69, 9.17) is 4.74 Å². The summed E-state index contributed by atoms with van der Waals surface area (Å²) in [4.78, 5) is 30.6. The number of imide groups is 1. The molecule has 5 nitrogen and oxygen atoms in total. The SMILES string of the molecule is CCCOc1ccc(C2=C(N3CCC(C)CC3)C(=O)N(c3cccc(C)c3)C2=O)cc1. The number of nitrogens with zero attached hydrogens (tertiary/aromatic N) is 2. The molecule has 2 aliphatic rings. The average molecular weight is 419 g/mol. The molecule has 0 radical (unpaired) electrons. The largest absolute Gasteiger partial charge is 0.494 e. The summed E-state index contributed by atoms with van der Waals surface area (Å²) in [5.41, 5.74) is 3.41. The second-order valence-corrected chi connectivity index (χ2v) is 8.55. The Kier molecular flexibility index (Phi) is 6.12. The van der Waals surface area contributed by atoms with Crippen molar-refractivity contribution in [3.8, 4) is 5.75 Å². The predicted molar refractivity (Wildman–Crippen MR) is 123 cm³/mol. The molecule has 0 aromatic heterocycles. The average Bonchev–Trinajstić information content (AvgIpc) is 3.03. The standard InChI is InChI=1S/C26H30N2O3/c1-4-16-31-22-10-8-20(9-11-22)23-24(27-14-12-18(2)13-15-27)26(30)28(25(23)29)21-7-5-6-19(3)17-21/h5-11,17-18H,4,12-16H2,1-3H3. The van der Waals surface area contributed by atoms with Crippen LogP contribution in [0.1, 0.15) is 44.2 Å². The highest BCUT2D eigenvalue weighted by molar-refractivity contribution is 6.45. The number of likely N-dealkylation sites (tertiary alicyclic amines) is 1. The molecule has 5 heteroatoms. The number of ether oxygens (including phenoxy) is 1. The molecule has 2 heterocycles. The molecule has 2 aliphatic heterocycles. The normalized spacial score (nSPS) is 17.6. The summed E-state index contributed by atoms with van der Waals surface area (Å²) in [6.07, 6.45) is 2.97. The minimum atomic E-state index is -0.258. The van der Waals surface area contributed by atoms with Crippen LogP contribution in [0.15, 0.2) is 54.2 Å². The zero-order valence-corrected chi connectivity index (χ0v) is 18.6. The summed E-state index contributed by atoms with van der Waals surface area (Å²) in [7, 11) is 0. The molecule has 31 heavy (non-hydrogen) atoms. The molecule has 1 fully saturated rings. The zero-order valence-electron chi connectivity index (χ0n) is 18.6. The van der Waals surface area contributed by atoms with E-state index < -0.39 is 0 Å². The highest BCUT2D eigenvalue weighted by Gasteiger charge is 2.43. The van der Waals surface area contributed by atoms with Gasteiger partial charge in [-0.1, -0.05) is 38.1 Å². The van der Waals surface area contributed by atoms with E-state index in [-0.39, 0.29) is 11.8 Å². The summed E-state index contributed by atoms with van der Waals surface area (Å²) in [6, 6.07) is 15.1. The van der Waals surface area contributed by atoms with Gasteiger partial charge in [-0.05, 0) is 67.5 Å². The van der Waals surface area contributed by atoms with Crippen molar-refractivity contribution in [3.63, 3.8) is 0 Å². The molecule has 2 amide bonds. The molecule has 0 atom stereocenters. The minimum absolute atomic E-state index is 0.230. The molecule has 2 aromatic rings. The third-order valence-corrected chi connectivity index (χ3v) is 6.03. The number of piperidine rings is 1. The van der Waals surface area contributed by atoms with Gasteiger partial charge >= 0.3 is 0 Å². The summed E-state index contributed by atoms with van der Waals surface area (Å²) in [6.45, 7) is 8.50. The van der Waals surface area contributed by atoms with Crippen LogP contribution in [0.4, 0.5) is 5.69 Å². The minimum Gasteiger partial charge on any atom is -0.494 e. The number of benzene rings is 2. The van der Waals surface area contributed by atoms with Crippen LogP contribution >= 0.6 is 0 Å². The Morgan fingerprint density at radius 3 is 2.35 bits per heavy atom. The molecule has 0 saturated carbocycles. The van der Waals surface area contributed by atoms with Crippen LogP contribution in [0.2, 0.25) is 0 Å². The van der Waals surface area contributed by atoms with Crippen molar-refractivity contribution >= 4 is 23.1 Å². The number of amides is 2. The first-order valence-electron chi connectivity index (χ1n) is 11.2. The summed E-state index contributed by atoms with van der Waals surface area (Å²) < 4.78 is 5.69. The van der Waals surface area contributed by atoms with Crippen molar-refractivity contribution in [2.24, 2.45) is 5.92 Å². The molecular weight excluding hydrogens is 388 g/mol. The smallest absolute Gasteiger partial charge is 0.282 e. The second kappa shape index (κ2) is 8.96. The van der Waals surface area contributed by atoms with Crippen LogP contribution in [-0.4, -0.2) is 36.4 Å². The van der Waals surface area contributed by atoms with E-state index in [0.717, 1.165) is 49.2 Å². The van der Waals surface area contributed by atoms with Crippen molar-refractivity contribution in [1.29, 1.82) is 0 Å². The third-order valence-electron chi connectivity index (χ3n) is 6.03. The molecule has 0 spiro atoms. The van der Waals surface area contributed by atoms with Crippen LogP contribution < -0.4 is 9.64 Å². The van der Waals surface area contributed by atoms with Gasteiger partial charge in [-0.25, -0.2) is 4.90 Å². The Bertz CT molecular complexity index is 1000. The second-order valence-electron chi connectivity index (χ2n) is 8.55. The van der Waals surface area contributed by atoms with E-state index >= 15 is 0 Å². The van der Waals surface area contributed by atoms with Gasteiger partial charge in [0.05, 0.1) is 17.9 Å². The highest BCUT2D eigenvalue weighted by atomic mass is 16.5. The molecule has 1 saturated heterocycles. The summed E-state index contributed by atoms with van der Waals surface area (Å²) in [5.74, 6) is 0.917. The molecule has 2 aromatic carbocycles. The first-order chi connectivity index (χ1) is 15.0. The van der Waals surface area contributed by atoms with Crippen molar-refractivity contribution in [2.45, 2.75) is 40.0 Å². The van der Waals surface area contributed by atoms with Gasteiger partial charge in [-0.3, -0.25) is 9.59 Å². The van der Waals surface area contributed by atoms with Gasteiger partial charge < -0.3 is 9.64 Å². The Labute approximate surface area is 184 Å². The number of anilines is 1. The lowest BCUT2D eigenvalue weighted by molar-refractivity contribution is -0.120. The highest BCUT2D eigenvalue weighted by Crippen LogP contribution is 2.37. The molecule has 0 unspecified atom stereocenters. The monoisotopic (exact) mass is 418 g/mol. The molecule has 0 aliphatic carbocycles. The van der Waals surface area contributed by atoms with E-state index in [1.165, 1.54) is 4.90 Å². The van der Waals surface area contributed by atoms with Crippen molar-refractivity contribution in [2.75, 3.05) is 24.6 Å². The first kappa shape index (κ1) is 21.2. The number of hydrogen-bond donors (Lipinski definition) is 0. The van der Waals surface area contributed by atoms with E-state index in [1.54, 1.807) is 0 Å². The van der Waals surface area contributed by atoms with Crippen molar-refractivity contribution in [3.05, 3.63) is 65.4 Å². The van der Waals surface area contributed by atoms with Gasteiger partial charge in [0.15, 0.2) is 0 Å². The van der Waals surface area contributed by atoms with E-state index in [2.05, 4.69) is 18.7 Å². The predicted octanol–water partition coefficient (Wildman–Crippen LogP) is 4.80. The lowest BCUT2D eigenvalue weighted by atomic mass is 9.97. The fraction of sp³-hybridized carbons (Fsp3) is 0.385. The van der Waals surface area contributed by atoms with Crippen molar-refractivity contribution < 1.29 is 14.3 Å². The lowest BCUT2D eigenvalue weighted by Gasteiger charge is -2.32. The number of rotatable bonds is 6. The number of carbonyl (C=O) groups is 2. The Hall–Kier alpha value is -3.08. The molecule has 162 valence electrons. The van der Waals surface area contributed by atoms with Gasteiger partial charge in [0, 0.05) is 13.1 Å². The van der Waals surface area contributed by atoms with Gasteiger partial charge in [-0.2, -0.15) is 0 Å². The Balaban J connectivity index is 1.74.